The first kappa shape index (κ1) is 12.3. The van der Waals surface area contributed by atoms with E-state index in [4.69, 9.17) is 10.3 Å². The molecule has 0 aliphatic rings. The first-order valence-electron chi connectivity index (χ1n) is 6.09. The van der Waals surface area contributed by atoms with E-state index in [9.17, 15) is 4.39 Å². The van der Waals surface area contributed by atoms with Crippen LogP contribution < -0.4 is 5.73 Å². The van der Waals surface area contributed by atoms with Gasteiger partial charge in [0.1, 0.15) is 5.82 Å². The molecule has 0 aliphatic heterocycles. The monoisotopic (exact) mass is 269 g/mol. The standard InChI is InChI=1S/C15H12FN3O/c1-9-5-6-10(8-13(9)16)14-18-15(20-19-14)11-3-2-4-12(17)7-11/h2-8H,17H2,1H3. The Morgan fingerprint density at radius 2 is 1.95 bits per heavy atom. The lowest BCUT2D eigenvalue weighted by Crippen LogP contribution is -1.87. The zero-order chi connectivity index (χ0) is 14.1. The summed E-state index contributed by atoms with van der Waals surface area (Å²) in [5, 5.41) is 3.87. The Kier molecular flexibility index (Phi) is 2.95. The Labute approximate surface area is 115 Å². The second-order valence-electron chi connectivity index (χ2n) is 4.51. The van der Waals surface area contributed by atoms with Crippen molar-refractivity contribution >= 4 is 5.69 Å². The predicted octanol–water partition coefficient (Wildman–Crippen LogP) is 3.43. The van der Waals surface area contributed by atoms with Crippen molar-refractivity contribution in [3.63, 3.8) is 0 Å². The maximum absolute atomic E-state index is 13.5. The van der Waals surface area contributed by atoms with E-state index in [1.807, 2.05) is 6.07 Å². The van der Waals surface area contributed by atoms with Gasteiger partial charge in [-0.3, -0.25) is 0 Å². The van der Waals surface area contributed by atoms with Crippen LogP contribution in [-0.4, -0.2) is 10.1 Å². The van der Waals surface area contributed by atoms with Crippen LogP contribution in [0.2, 0.25) is 0 Å². The molecule has 5 heteroatoms. The Morgan fingerprint density at radius 3 is 2.70 bits per heavy atom. The molecule has 0 saturated carbocycles. The lowest BCUT2D eigenvalue weighted by atomic mass is 10.1. The summed E-state index contributed by atoms with van der Waals surface area (Å²) in [6, 6.07) is 12.0. The molecular formula is C15H12FN3O. The van der Waals surface area contributed by atoms with Crippen LogP contribution >= 0.6 is 0 Å². The van der Waals surface area contributed by atoms with Crippen LogP contribution in [0, 0.1) is 12.7 Å². The third kappa shape index (κ3) is 2.25. The van der Waals surface area contributed by atoms with Gasteiger partial charge in [0.15, 0.2) is 0 Å². The molecule has 2 aromatic carbocycles. The number of rotatable bonds is 2. The second kappa shape index (κ2) is 4.77. The zero-order valence-corrected chi connectivity index (χ0v) is 10.8. The third-order valence-corrected chi connectivity index (χ3v) is 2.99. The predicted molar refractivity (Wildman–Crippen MR) is 74.3 cm³/mol. The Bertz CT molecular complexity index is 767. The van der Waals surface area contributed by atoms with Gasteiger partial charge in [0.05, 0.1) is 0 Å². The lowest BCUT2D eigenvalue weighted by molar-refractivity contribution is 0.432. The molecule has 2 N–H and O–H groups in total. The number of halogens is 1. The number of anilines is 1. The van der Waals surface area contributed by atoms with Crippen LogP contribution in [-0.2, 0) is 0 Å². The lowest BCUT2D eigenvalue weighted by Gasteiger charge is -1.98. The molecule has 0 radical (unpaired) electrons. The zero-order valence-electron chi connectivity index (χ0n) is 10.8. The average Bonchev–Trinajstić information content (AvgIpc) is 2.92. The summed E-state index contributed by atoms with van der Waals surface area (Å²) in [6.07, 6.45) is 0. The highest BCUT2D eigenvalue weighted by Crippen LogP contribution is 2.24. The van der Waals surface area contributed by atoms with Crippen molar-refractivity contribution in [3.8, 4) is 22.8 Å². The first-order valence-corrected chi connectivity index (χ1v) is 6.09. The fourth-order valence-electron chi connectivity index (χ4n) is 1.86. The molecule has 0 atom stereocenters. The van der Waals surface area contributed by atoms with Gasteiger partial charge in [-0.15, -0.1) is 0 Å². The Hall–Kier alpha value is -2.69. The number of hydrogen-bond donors (Lipinski definition) is 1. The molecule has 1 aromatic heterocycles. The van der Waals surface area contributed by atoms with Crippen molar-refractivity contribution < 1.29 is 8.91 Å². The van der Waals surface area contributed by atoms with Gasteiger partial charge in [-0.25, -0.2) is 4.39 Å². The maximum atomic E-state index is 13.5. The molecular weight excluding hydrogens is 257 g/mol. The molecule has 3 aromatic rings. The van der Waals surface area contributed by atoms with Crippen molar-refractivity contribution in [3.05, 3.63) is 53.8 Å². The van der Waals surface area contributed by atoms with E-state index in [-0.39, 0.29) is 5.82 Å². The molecule has 4 nitrogen and oxygen atoms in total. The minimum absolute atomic E-state index is 0.294. The van der Waals surface area contributed by atoms with Gasteiger partial charge < -0.3 is 10.3 Å². The van der Waals surface area contributed by atoms with Crippen LogP contribution in [0.5, 0.6) is 0 Å². The normalized spacial score (nSPS) is 10.7. The van der Waals surface area contributed by atoms with Gasteiger partial charge in [-0.2, -0.15) is 4.98 Å². The summed E-state index contributed by atoms with van der Waals surface area (Å²) in [7, 11) is 0. The molecule has 20 heavy (non-hydrogen) atoms. The summed E-state index contributed by atoms with van der Waals surface area (Å²) in [4.78, 5) is 4.26. The highest BCUT2D eigenvalue weighted by atomic mass is 19.1. The molecule has 100 valence electrons. The van der Waals surface area contributed by atoms with Crippen molar-refractivity contribution in [1.29, 1.82) is 0 Å². The van der Waals surface area contributed by atoms with Gasteiger partial charge >= 0.3 is 0 Å². The number of nitrogens with two attached hydrogens (primary N) is 1. The summed E-state index contributed by atoms with van der Waals surface area (Å²) in [5.41, 5.74) is 8.21. The quantitative estimate of drug-likeness (QED) is 0.724. The topological polar surface area (TPSA) is 64.9 Å². The molecule has 0 unspecified atom stereocenters. The minimum Gasteiger partial charge on any atom is -0.399 e. The summed E-state index contributed by atoms with van der Waals surface area (Å²) >= 11 is 0. The van der Waals surface area contributed by atoms with Gasteiger partial charge in [0, 0.05) is 16.8 Å². The molecule has 0 fully saturated rings. The van der Waals surface area contributed by atoms with Crippen LogP contribution in [0.3, 0.4) is 0 Å². The number of hydrogen-bond acceptors (Lipinski definition) is 4. The first-order chi connectivity index (χ1) is 9.63. The smallest absolute Gasteiger partial charge is 0.258 e. The van der Waals surface area contributed by atoms with E-state index < -0.39 is 0 Å². The molecule has 3 rings (SSSR count). The number of nitrogen functional groups attached to an aromatic ring is 1. The van der Waals surface area contributed by atoms with Gasteiger partial charge in [0.25, 0.3) is 5.89 Å². The number of nitrogens with zero attached hydrogens (tertiary/aromatic N) is 2. The highest BCUT2D eigenvalue weighted by molar-refractivity contribution is 5.63. The van der Waals surface area contributed by atoms with Crippen LogP contribution in [0.15, 0.2) is 47.0 Å². The number of aromatic nitrogens is 2. The van der Waals surface area contributed by atoms with Crippen LogP contribution in [0.25, 0.3) is 22.8 Å². The van der Waals surface area contributed by atoms with Crippen molar-refractivity contribution in [2.75, 3.05) is 5.73 Å². The number of benzene rings is 2. The van der Waals surface area contributed by atoms with E-state index in [2.05, 4.69) is 10.1 Å². The number of aryl methyl sites for hydroxylation is 1. The van der Waals surface area contributed by atoms with Gasteiger partial charge in [-0.05, 0) is 36.8 Å². The molecule has 0 bridgehead atoms. The summed E-state index contributed by atoms with van der Waals surface area (Å²) < 4.78 is 18.7. The van der Waals surface area contributed by atoms with Crippen molar-refractivity contribution in [1.82, 2.24) is 10.1 Å². The molecule has 1 heterocycles. The van der Waals surface area contributed by atoms with Crippen molar-refractivity contribution in [2.45, 2.75) is 6.92 Å². The van der Waals surface area contributed by atoms with Crippen LogP contribution in [0.1, 0.15) is 5.56 Å². The van der Waals surface area contributed by atoms with E-state index in [1.54, 1.807) is 37.3 Å². The largest absolute Gasteiger partial charge is 0.399 e. The van der Waals surface area contributed by atoms with Crippen LogP contribution in [0.4, 0.5) is 10.1 Å². The fourth-order valence-corrected chi connectivity index (χ4v) is 1.86. The fraction of sp³-hybridized carbons (Fsp3) is 0.0667. The van der Waals surface area contributed by atoms with Gasteiger partial charge in [-0.1, -0.05) is 23.4 Å². The Balaban J connectivity index is 1.99. The summed E-state index contributed by atoms with van der Waals surface area (Å²) in [6.45, 7) is 1.70. The Morgan fingerprint density at radius 1 is 1.10 bits per heavy atom. The molecule has 0 aliphatic carbocycles. The van der Waals surface area contributed by atoms with E-state index in [0.29, 0.717) is 28.5 Å². The molecule has 0 amide bonds. The highest BCUT2D eigenvalue weighted by Gasteiger charge is 2.11. The van der Waals surface area contributed by atoms with Crippen molar-refractivity contribution in [2.24, 2.45) is 0 Å². The van der Waals surface area contributed by atoms with E-state index in [1.165, 1.54) is 6.07 Å². The minimum atomic E-state index is -0.294. The van der Waals surface area contributed by atoms with Gasteiger partial charge in [0.2, 0.25) is 5.82 Å². The second-order valence-corrected chi connectivity index (χ2v) is 4.51. The third-order valence-electron chi connectivity index (χ3n) is 2.99. The maximum Gasteiger partial charge on any atom is 0.258 e. The van der Waals surface area contributed by atoms with E-state index in [0.717, 1.165) is 5.56 Å². The molecule has 0 saturated heterocycles. The molecule has 0 spiro atoms. The SMILES string of the molecule is Cc1ccc(-c2noc(-c3cccc(N)c3)n2)cc1F. The van der Waals surface area contributed by atoms with E-state index >= 15 is 0 Å². The average molecular weight is 269 g/mol. The summed E-state index contributed by atoms with van der Waals surface area (Å²) in [5.74, 6) is 0.410.